The molecule has 64 valence electrons. The normalized spacial score (nSPS) is 54.4. The molecule has 2 aliphatic carbocycles. The minimum atomic E-state index is 0.00474. The van der Waals surface area contributed by atoms with Crippen molar-refractivity contribution in [3.8, 4) is 0 Å². The highest BCUT2D eigenvalue weighted by molar-refractivity contribution is 14.1. The number of hydrogen-bond donors (Lipinski definition) is 0. The molecule has 0 N–H and O–H groups in total. The zero-order valence-electron chi connectivity index (χ0n) is 6.44. The van der Waals surface area contributed by atoms with Crippen LogP contribution in [0.25, 0.3) is 0 Å². The van der Waals surface area contributed by atoms with Gasteiger partial charge in [0.1, 0.15) is 6.10 Å². The van der Waals surface area contributed by atoms with Gasteiger partial charge in [0.05, 0.1) is 5.92 Å². The number of halogens is 1. The smallest absolute Gasteiger partial charge is 0.313 e. The summed E-state index contributed by atoms with van der Waals surface area (Å²) >= 11 is 2.41. The number of alkyl halides is 1. The van der Waals surface area contributed by atoms with Gasteiger partial charge in [-0.1, -0.05) is 34.7 Å². The van der Waals surface area contributed by atoms with Crippen LogP contribution in [0, 0.1) is 17.8 Å². The highest BCUT2D eigenvalue weighted by atomic mass is 127. The molecule has 1 aliphatic heterocycles. The van der Waals surface area contributed by atoms with E-state index in [9.17, 15) is 4.79 Å². The molecule has 1 saturated carbocycles. The first-order valence-electron chi connectivity index (χ1n) is 4.30. The Morgan fingerprint density at radius 1 is 1.50 bits per heavy atom. The topological polar surface area (TPSA) is 26.3 Å². The quantitative estimate of drug-likeness (QED) is 0.290. The summed E-state index contributed by atoms with van der Waals surface area (Å²) in [6.45, 7) is 0. The van der Waals surface area contributed by atoms with Crippen molar-refractivity contribution < 1.29 is 9.53 Å². The van der Waals surface area contributed by atoms with Gasteiger partial charge in [0.2, 0.25) is 0 Å². The summed E-state index contributed by atoms with van der Waals surface area (Å²) in [5.74, 6) is 1.21. The largest absolute Gasteiger partial charge is 0.460 e. The van der Waals surface area contributed by atoms with Crippen LogP contribution in [0.5, 0.6) is 0 Å². The van der Waals surface area contributed by atoms with E-state index in [2.05, 4.69) is 28.7 Å². The Hall–Kier alpha value is -0.0600. The Balaban J connectivity index is 2.03. The summed E-state index contributed by atoms with van der Waals surface area (Å²) in [5, 5.41) is 0. The third-order valence-corrected chi connectivity index (χ3v) is 4.45. The fraction of sp³-hybridized carbons (Fsp3) is 0.667. The van der Waals surface area contributed by atoms with Crippen LogP contribution in [0.4, 0.5) is 0 Å². The lowest BCUT2D eigenvalue weighted by molar-refractivity contribution is -0.143. The van der Waals surface area contributed by atoms with Crippen molar-refractivity contribution >= 4 is 28.6 Å². The molecule has 0 amide bonds. The van der Waals surface area contributed by atoms with Crippen LogP contribution in [0.2, 0.25) is 0 Å². The SMILES string of the molecule is O=C1O[C@@H]2[C@H]3[C@H](C=C[C@@H]13)C[C@H]2I. The van der Waals surface area contributed by atoms with Gasteiger partial charge in [0.25, 0.3) is 0 Å². The molecule has 2 fully saturated rings. The highest BCUT2D eigenvalue weighted by Gasteiger charge is 2.56. The molecule has 1 heterocycles. The first kappa shape index (κ1) is 7.35. The Kier molecular flexibility index (Phi) is 1.38. The molecule has 0 aromatic heterocycles. The lowest BCUT2D eigenvalue weighted by atomic mass is 9.92. The predicted octanol–water partition coefficient (Wildman–Crippen LogP) is 1.54. The van der Waals surface area contributed by atoms with E-state index >= 15 is 0 Å². The van der Waals surface area contributed by atoms with Crippen LogP contribution < -0.4 is 0 Å². The van der Waals surface area contributed by atoms with Crippen molar-refractivity contribution in [1.29, 1.82) is 0 Å². The summed E-state index contributed by atoms with van der Waals surface area (Å²) in [7, 11) is 0. The lowest BCUT2D eigenvalue weighted by Gasteiger charge is -2.10. The maximum Gasteiger partial charge on any atom is 0.313 e. The molecule has 2 nitrogen and oxygen atoms in total. The Morgan fingerprint density at radius 2 is 2.33 bits per heavy atom. The maximum absolute atomic E-state index is 11.3. The standard InChI is InChI=1S/C9H9IO2/c10-6-3-4-1-2-5-7(4)8(6)12-9(5)11/h1-2,4-8H,3H2/t4-,5-,6-,7+,8+/m1/s1. The molecule has 0 aromatic rings. The number of carbonyl (C=O) groups is 1. The molecule has 3 rings (SSSR count). The zero-order chi connectivity index (χ0) is 8.29. The molecule has 0 unspecified atom stereocenters. The second-order valence-electron chi connectivity index (χ2n) is 3.81. The third-order valence-electron chi connectivity index (χ3n) is 3.23. The van der Waals surface area contributed by atoms with E-state index in [0.29, 0.717) is 15.8 Å². The van der Waals surface area contributed by atoms with Crippen LogP contribution in [-0.2, 0) is 9.53 Å². The Labute approximate surface area is 84.5 Å². The Morgan fingerprint density at radius 3 is 3.17 bits per heavy atom. The summed E-state index contributed by atoms with van der Waals surface area (Å²) in [6, 6.07) is 0. The number of allylic oxidation sites excluding steroid dienone is 1. The van der Waals surface area contributed by atoms with Gasteiger partial charge >= 0.3 is 5.97 Å². The lowest BCUT2D eigenvalue weighted by Crippen LogP contribution is -2.19. The molecule has 0 bridgehead atoms. The van der Waals surface area contributed by atoms with E-state index in [1.165, 1.54) is 6.42 Å². The molecule has 1 saturated heterocycles. The Bertz CT molecular complexity index is 274. The zero-order valence-corrected chi connectivity index (χ0v) is 8.60. The molecular weight excluding hydrogens is 267 g/mol. The van der Waals surface area contributed by atoms with E-state index in [4.69, 9.17) is 4.74 Å². The minimum Gasteiger partial charge on any atom is -0.460 e. The van der Waals surface area contributed by atoms with Gasteiger partial charge in [-0.05, 0) is 12.3 Å². The highest BCUT2D eigenvalue weighted by Crippen LogP contribution is 2.51. The molecule has 5 atom stereocenters. The first-order valence-corrected chi connectivity index (χ1v) is 5.55. The third kappa shape index (κ3) is 0.732. The second kappa shape index (κ2) is 2.25. The molecule has 0 aromatic carbocycles. The van der Waals surface area contributed by atoms with Crippen LogP contribution >= 0.6 is 22.6 Å². The fourth-order valence-electron chi connectivity index (χ4n) is 2.71. The van der Waals surface area contributed by atoms with E-state index in [-0.39, 0.29) is 18.0 Å². The van der Waals surface area contributed by atoms with Gasteiger partial charge in [-0.25, -0.2) is 0 Å². The number of hydrogen-bond acceptors (Lipinski definition) is 2. The fourth-order valence-corrected chi connectivity index (χ4v) is 3.92. The van der Waals surface area contributed by atoms with Gasteiger partial charge in [-0.2, -0.15) is 0 Å². The number of rotatable bonds is 0. The van der Waals surface area contributed by atoms with Crippen LogP contribution in [-0.4, -0.2) is 16.0 Å². The second-order valence-corrected chi connectivity index (χ2v) is 5.41. The van der Waals surface area contributed by atoms with E-state index in [1.54, 1.807) is 0 Å². The molecule has 12 heavy (non-hydrogen) atoms. The number of ether oxygens (including phenoxy) is 1. The first-order chi connectivity index (χ1) is 5.77. The summed E-state index contributed by atoms with van der Waals surface area (Å²) < 4.78 is 5.87. The van der Waals surface area contributed by atoms with E-state index in [0.717, 1.165) is 0 Å². The van der Waals surface area contributed by atoms with Crippen LogP contribution in [0.1, 0.15) is 6.42 Å². The van der Waals surface area contributed by atoms with Gasteiger partial charge in [-0.3, -0.25) is 4.79 Å². The van der Waals surface area contributed by atoms with Crippen molar-refractivity contribution in [2.45, 2.75) is 16.4 Å². The summed E-state index contributed by atoms with van der Waals surface area (Å²) in [5.41, 5.74) is 0. The van der Waals surface area contributed by atoms with Crippen molar-refractivity contribution in [3.63, 3.8) is 0 Å². The van der Waals surface area contributed by atoms with Gasteiger partial charge < -0.3 is 4.74 Å². The molecule has 3 heteroatoms. The van der Waals surface area contributed by atoms with Crippen molar-refractivity contribution in [2.24, 2.45) is 17.8 Å². The van der Waals surface area contributed by atoms with Crippen LogP contribution in [0.15, 0.2) is 12.2 Å². The molecule has 3 aliphatic rings. The van der Waals surface area contributed by atoms with Crippen molar-refractivity contribution in [3.05, 3.63) is 12.2 Å². The van der Waals surface area contributed by atoms with Gasteiger partial charge in [0.15, 0.2) is 0 Å². The predicted molar refractivity (Wildman–Crippen MR) is 51.9 cm³/mol. The van der Waals surface area contributed by atoms with Gasteiger partial charge in [0, 0.05) is 9.84 Å². The molecule has 0 radical (unpaired) electrons. The van der Waals surface area contributed by atoms with Crippen LogP contribution in [0.3, 0.4) is 0 Å². The van der Waals surface area contributed by atoms with Gasteiger partial charge in [-0.15, -0.1) is 0 Å². The van der Waals surface area contributed by atoms with Crippen molar-refractivity contribution in [2.75, 3.05) is 0 Å². The monoisotopic (exact) mass is 276 g/mol. The molecular formula is C9H9IO2. The average Bonchev–Trinajstić information content (AvgIpc) is 2.59. The molecule has 0 spiro atoms. The summed E-state index contributed by atoms with van der Waals surface area (Å²) in [4.78, 5) is 11.3. The average molecular weight is 276 g/mol. The van der Waals surface area contributed by atoms with E-state index < -0.39 is 0 Å². The van der Waals surface area contributed by atoms with E-state index in [1.807, 2.05) is 6.08 Å². The minimum absolute atomic E-state index is 0.00474. The maximum atomic E-state index is 11.3. The number of esters is 1. The van der Waals surface area contributed by atoms with Crippen molar-refractivity contribution in [1.82, 2.24) is 0 Å². The summed E-state index contributed by atoms with van der Waals surface area (Å²) in [6.07, 6.45) is 5.65. The number of carbonyl (C=O) groups excluding carboxylic acids is 1.